The van der Waals surface area contributed by atoms with Gasteiger partial charge in [0.05, 0.1) is 0 Å². The highest BCUT2D eigenvalue weighted by Crippen LogP contribution is 2.65. The van der Waals surface area contributed by atoms with Gasteiger partial charge in [-0.2, -0.15) is 0 Å². The molecule has 0 spiro atoms. The average Bonchev–Trinajstić information content (AvgIpc) is 2.12. The summed E-state index contributed by atoms with van der Waals surface area (Å²) in [6.07, 6.45) is 1.54. The van der Waals surface area contributed by atoms with E-state index in [0.29, 0.717) is 24.7 Å². The van der Waals surface area contributed by atoms with Gasteiger partial charge < -0.3 is 24.9 Å². The molecule has 0 radical (unpaired) electrons. The molecule has 0 amide bonds. The quantitative estimate of drug-likeness (QED) is 0.462. The van der Waals surface area contributed by atoms with Crippen molar-refractivity contribution in [2.75, 3.05) is 13.1 Å². The van der Waals surface area contributed by atoms with Gasteiger partial charge in [-0.05, 0) is 19.4 Å². The number of piperidine rings is 1. The van der Waals surface area contributed by atoms with E-state index in [1.165, 1.54) is 0 Å². The lowest BCUT2D eigenvalue weighted by molar-refractivity contribution is 0.352. The Labute approximate surface area is 97.3 Å². The van der Waals surface area contributed by atoms with Crippen LogP contribution >= 0.6 is 27.0 Å². The normalized spacial score (nSPS) is 23.7. The van der Waals surface area contributed by atoms with Crippen molar-refractivity contribution in [2.24, 2.45) is 0 Å². The molecule has 5 N–H and O–H groups in total. The fourth-order valence-electron chi connectivity index (χ4n) is 1.46. The highest BCUT2D eigenvalue weighted by molar-refractivity contribution is 8.12. The summed E-state index contributed by atoms with van der Waals surface area (Å²) < 4.78 is 20.1. The van der Waals surface area contributed by atoms with Crippen molar-refractivity contribution in [3.8, 4) is 0 Å². The molecule has 1 rings (SSSR count). The van der Waals surface area contributed by atoms with Crippen LogP contribution in [0.3, 0.4) is 0 Å². The predicted octanol–water partition coefficient (Wildman–Crippen LogP) is 0.111. The van der Waals surface area contributed by atoms with Crippen molar-refractivity contribution in [3.05, 3.63) is 0 Å². The van der Waals surface area contributed by atoms with E-state index in [1.807, 2.05) is 0 Å². The summed E-state index contributed by atoms with van der Waals surface area (Å²) in [6.45, 7) is 1.34. The molecule has 0 unspecified atom stereocenters. The van der Waals surface area contributed by atoms with Gasteiger partial charge >= 0.3 is 15.2 Å². The van der Waals surface area contributed by atoms with Gasteiger partial charge in [-0.3, -0.25) is 9.13 Å². The van der Waals surface area contributed by atoms with Crippen molar-refractivity contribution in [3.63, 3.8) is 0 Å². The highest BCUT2D eigenvalue weighted by atomic mass is 32.2. The second-order valence-corrected chi connectivity index (χ2v) is 9.51. The molecule has 1 atom stereocenters. The zero-order valence-corrected chi connectivity index (χ0v) is 11.0. The fraction of sp³-hybridized carbons (Fsp3) is 1.00. The zero-order valence-electron chi connectivity index (χ0n) is 8.39. The molecule has 0 aromatic heterocycles. The summed E-state index contributed by atoms with van der Waals surface area (Å²) in [6, 6.07) is 0. The van der Waals surface area contributed by atoms with E-state index in [1.54, 1.807) is 0 Å². The maximum Gasteiger partial charge on any atom is 0.350 e. The third kappa shape index (κ3) is 4.47. The van der Waals surface area contributed by atoms with E-state index >= 15 is 0 Å². The lowest BCUT2D eigenvalue weighted by Crippen LogP contribution is -2.32. The Morgan fingerprint density at radius 1 is 1.19 bits per heavy atom. The van der Waals surface area contributed by atoms with Crippen LogP contribution in [0.15, 0.2) is 0 Å². The Bertz CT molecular complexity index is 299. The minimum Gasteiger partial charge on any atom is -0.323 e. The number of nitrogens with one attached hydrogen (secondary N) is 1. The Kier molecular flexibility index (Phi) is 5.04. The third-order valence-electron chi connectivity index (χ3n) is 2.14. The second-order valence-electron chi connectivity index (χ2n) is 3.61. The van der Waals surface area contributed by atoms with Crippen LogP contribution in [-0.2, 0) is 9.13 Å². The minimum absolute atomic E-state index is 0.168. The molecule has 96 valence electrons. The van der Waals surface area contributed by atoms with Gasteiger partial charge in [0.15, 0.2) is 0 Å². The standard InChI is InChI=1S/C6H15NO6P2S/c8-14(9,10)6(15(11,12)13)16-5-2-1-3-7-4-5/h5-7H,1-4H2,(H2,8,9,10)(H2,11,12,13)/t5-/m0/s1. The second kappa shape index (κ2) is 5.50. The van der Waals surface area contributed by atoms with E-state index in [-0.39, 0.29) is 5.25 Å². The Morgan fingerprint density at radius 2 is 1.75 bits per heavy atom. The maximum atomic E-state index is 11.0. The van der Waals surface area contributed by atoms with Gasteiger partial charge in [0, 0.05) is 11.8 Å². The molecule has 7 nitrogen and oxygen atoms in total. The van der Waals surface area contributed by atoms with Gasteiger partial charge in [0.1, 0.15) is 0 Å². The Hall–Kier alpha value is 0.610. The molecule has 1 saturated heterocycles. The number of rotatable bonds is 4. The molecule has 10 heteroatoms. The summed E-state index contributed by atoms with van der Waals surface area (Å²) in [5.41, 5.74) is 0. The van der Waals surface area contributed by atoms with Gasteiger partial charge in [0.2, 0.25) is 4.73 Å². The molecule has 0 aromatic rings. The van der Waals surface area contributed by atoms with Crippen molar-refractivity contribution >= 4 is 27.0 Å². The fourth-order valence-corrected chi connectivity index (χ4v) is 6.19. The van der Waals surface area contributed by atoms with Crippen LogP contribution in [-0.4, -0.2) is 42.6 Å². The van der Waals surface area contributed by atoms with Crippen LogP contribution in [0, 0.1) is 0 Å². The first kappa shape index (κ1) is 14.7. The Morgan fingerprint density at radius 3 is 2.12 bits per heavy atom. The zero-order chi connectivity index (χ0) is 12.4. The van der Waals surface area contributed by atoms with Crippen molar-refractivity contribution in [1.82, 2.24) is 5.32 Å². The van der Waals surface area contributed by atoms with Gasteiger partial charge in [-0.25, -0.2) is 0 Å². The summed E-state index contributed by atoms with van der Waals surface area (Å²) in [5, 5.41) is 2.85. The smallest absolute Gasteiger partial charge is 0.323 e. The van der Waals surface area contributed by atoms with Crippen LogP contribution < -0.4 is 5.32 Å². The molecule has 0 aliphatic carbocycles. The number of hydrogen-bond acceptors (Lipinski definition) is 4. The van der Waals surface area contributed by atoms with Crippen LogP contribution in [0.4, 0.5) is 0 Å². The molecule has 1 aliphatic rings. The first-order valence-electron chi connectivity index (χ1n) is 4.68. The van der Waals surface area contributed by atoms with E-state index in [2.05, 4.69) is 5.32 Å². The van der Waals surface area contributed by atoms with Crippen molar-refractivity contribution < 1.29 is 28.7 Å². The van der Waals surface area contributed by atoms with Gasteiger partial charge in [0.25, 0.3) is 0 Å². The highest BCUT2D eigenvalue weighted by Gasteiger charge is 2.45. The third-order valence-corrected chi connectivity index (χ3v) is 8.51. The lowest BCUT2D eigenvalue weighted by atomic mass is 10.2. The molecule has 1 aliphatic heterocycles. The summed E-state index contributed by atoms with van der Waals surface area (Å²) in [7, 11) is -9.58. The summed E-state index contributed by atoms with van der Waals surface area (Å²) >= 11 is 0.691. The Balaban J connectivity index is 2.71. The molecule has 0 bridgehead atoms. The van der Waals surface area contributed by atoms with E-state index in [0.717, 1.165) is 13.0 Å². The number of thioether (sulfide) groups is 1. The molecule has 0 saturated carbocycles. The largest absolute Gasteiger partial charge is 0.350 e. The van der Waals surface area contributed by atoms with Gasteiger partial charge in [-0.1, -0.05) is 0 Å². The lowest BCUT2D eigenvalue weighted by Gasteiger charge is -2.27. The monoisotopic (exact) mass is 291 g/mol. The van der Waals surface area contributed by atoms with Crippen molar-refractivity contribution in [1.29, 1.82) is 0 Å². The van der Waals surface area contributed by atoms with Crippen molar-refractivity contribution in [2.45, 2.75) is 22.8 Å². The van der Waals surface area contributed by atoms with E-state index < -0.39 is 19.9 Å². The first-order chi connectivity index (χ1) is 7.21. The van der Waals surface area contributed by atoms with E-state index in [4.69, 9.17) is 19.6 Å². The molecule has 1 heterocycles. The molecule has 0 aromatic carbocycles. The molecular formula is C6H15NO6P2S. The number of hydrogen-bond donors (Lipinski definition) is 5. The molecule has 16 heavy (non-hydrogen) atoms. The minimum atomic E-state index is -4.79. The van der Waals surface area contributed by atoms with E-state index in [9.17, 15) is 9.13 Å². The predicted molar refractivity (Wildman–Crippen MR) is 61.4 cm³/mol. The van der Waals surface area contributed by atoms with Crippen LogP contribution in [0.2, 0.25) is 0 Å². The van der Waals surface area contributed by atoms with Gasteiger partial charge in [-0.15, -0.1) is 11.8 Å². The first-order valence-corrected chi connectivity index (χ1v) is 8.98. The van der Waals surface area contributed by atoms with Crippen LogP contribution in [0.25, 0.3) is 0 Å². The van der Waals surface area contributed by atoms with Crippen LogP contribution in [0.1, 0.15) is 12.8 Å². The maximum absolute atomic E-state index is 11.0. The molecular weight excluding hydrogens is 276 g/mol. The van der Waals surface area contributed by atoms with Crippen LogP contribution in [0.5, 0.6) is 0 Å². The summed E-state index contributed by atoms with van der Waals surface area (Å²) in [4.78, 5) is 35.7. The topological polar surface area (TPSA) is 127 Å². The average molecular weight is 291 g/mol. The summed E-state index contributed by atoms with van der Waals surface area (Å²) in [5.74, 6) is 0. The SMILES string of the molecule is O=P(O)(O)C(S[C@H]1CCCNC1)P(=O)(O)O. The molecule has 1 fully saturated rings.